The quantitative estimate of drug-likeness (QED) is 0.351. The molecule has 0 heterocycles. The predicted octanol–water partition coefficient (Wildman–Crippen LogP) is 2.42. The van der Waals surface area contributed by atoms with Gasteiger partial charge in [0.25, 0.3) is 0 Å². The van der Waals surface area contributed by atoms with Crippen LogP contribution in [0.25, 0.3) is 0 Å². The number of carbonyl (C=O) groups is 1. The molecule has 0 atom stereocenters. The minimum atomic E-state index is 0.750. The number of rotatable bonds is 0. The van der Waals surface area contributed by atoms with E-state index in [9.17, 15) is 0 Å². The highest BCUT2D eigenvalue weighted by Crippen LogP contribution is 1.56. The Labute approximate surface area is 52.4 Å². The first-order valence-corrected chi connectivity index (χ1v) is 2.73. The minimum absolute atomic E-state index is 0.750. The summed E-state index contributed by atoms with van der Waals surface area (Å²) >= 11 is 0. The molecule has 0 saturated carbocycles. The first kappa shape index (κ1) is 15.7. The van der Waals surface area contributed by atoms with Crippen LogP contribution in [-0.4, -0.2) is 6.29 Å². The fourth-order valence-electron chi connectivity index (χ4n) is 0. The largest absolute Gasteiger partial charge is 0.304 e. The molecule has 0 aliphatic carbocycles. The van der Waals surface area contributed by atoms with Crippen LogP contribution in [0.5, 0.6) is 0 Å². The molecule has 0 fully saturated rings. The second-order valence-electron chi connectivity index (χ2n) is 0.943. The van der Waals surface area contributed by atoms with Crippen molar-refractivity contribution in [2.45, 2.75) is 27.2 Å². The summed E-state index contributed by atoms with van der Waals surface area (Å²) in [6.07, 6.45) is 2.00. The Hall–Kier alpha value is -0.590. The molecule has 0 aliphatic rings. The van der Waals surface area contributed by atoms with Crippen LogP contribution in [0.4, 0.5) is 0 Å². The normalized spacial score (nSPS) is 4.38. The summed E-state index contributed by atoms with van der Waals surface area (Å²) in [6.45, 7) is 11.7. The lowest BCUT2D eigenvalue weighted by atomic mass is 10.6. The van der Waals surface area contributed by atoms with Crippen LogP contribution in [0.3, 0.4) is 0 Å². The van der Waals surface area contributed by atoms with E-state index in [1.807, 2.05) is 0 Å². The summed E-state index contributed by atoms with van der Waals surface area (Å²) in [5.74, 6) is 0. The molecule has 0 aromatic rings. The Kier molecular flexibility index (Phi) is 185. The van der Waals surface area contributed by atoms with E-state index in [4.69, 9.17) is 4.79 Å². The van der Waals surface area contributed by atoms with Crippen molar-refractivity contribution < 1.29 is 4.79 Å². The minimum Gasteiger partial charge on any atom is -0.304 e. The van der Waals surface area contributed by atoms with Crippen LogP contribution in [0.2, 0.25) is 0 Å². The van der Waals surface area contributed by atoms with Crippen LogP contribution < -0.4 is 0 Å². The van der Waals surface area contributed by atoms with Gasteiger partial charge < -0.3 is 4.79 Å². The summed E-state index contributed by atoms with van der Waals surface area (Å²) in [4.78, 5) is 8.81. The van der Waals surface area contributed by atoms with Crippen molar-refractivity contribution >= 4 is 6.29 Å². The molecule has 0 saturated heterocycles. The van der Waals surface area contributed by atoms with Crippen LogP contribution in [0, 0.1) is 0 Å². The third-order valence-corrected chi connectivity index (χ3v) is 0. The first-order chi connectivity index (χ1) is 3.83. The first-order valence-electron chi connectivity index (χ1n) is 2.73. The molecule has 0 aliphatic heterocycles. The molecule has 0 unspecified atom stereocenters. The van der Waals surface area contributed by atoms with Gasteiger partial charge in [0.15, 0.2) is 0 Å². The van der Waals surface area contributed by atoms with Gasteiger partial charge in [-0.3, -0.25) is 0 Å². The van der Waals surface area contributed by atoms with Crippen molar-refractivity contribution in [3.8, 4) is 0 Å². The molecule has 8 heavy (non-hydrogen) atoms. The Balaban J connectivity index is -0.0000000483. The molecule has 0 N–H and O–H groups in total. The van der Waals surface area contributed by atoms with Crippen LogP contribution in [0.1, 0.15) is 27.2 Å². The molecule has 0 spiro atoms. The van der Waals surface area contributed by atoms with Crippen molar-refractivity contribution in [1.82, 2.24) is 0 Å². The Morgan fingerprint density at radius 2 is 1.38 bits per heavy atom. The Morgan fingerprint density at radius 1 is 1.38 bits per heavy atom. The Bertz CT molecular complexity index is 25.6. The van der Waals surface area contributed by atoms with E-state index < -0.39 is 0 Å². The monoisotopic (exact) mass is 116 g/mol. The number of hydrogen-bond acceptors (Lipinski definition) is 1. The smallest absolute Gasteiger partial charge is 0.116 e. The zero-order chi connectivity index (χ0) is 7.41. The molecule has 0 radical (unpaired) electrons. The zero-order valence-corrected chi connectivity index (χ0v) is 6.11. The molecule has 1 nitrogen and oxygen atoms in total. The second-order valence-corrected chi connectivity index (χ2v) is 0.943. The SMILES string of the molecule is C=C.CC=O.CCC. The van der Waals surface area contributed by atoms with Crippen molar-refractivity contribution in [3.05, 3.63) is 13.2 Å². The topological polar surface area (TPSA) is 17.1 Å². The second kappa shape index (κ2) is 94.4. The highest BCUT2D eigenvalue weighted by molar-refractivity contribution is 5.44. The van der Waals surface area contributed by atoms with Gasteiger partial charge in [0.1, 0.15) is 6.29 Å². The maximum absolute atomic E-state index is 8.81. The van der Waals surface area contributed by atoms with Crippen molar-refractivity contribution in [2.75, 3.05) is 0 Å². The average Bonchev–Trinajstić information content (AvgIpc) is 1.75. The van der Waals surface area contributed by atoms with E-state index in [2.05, 4.69) is 27.0 Å². The van der Waals surface area contributed by atoms with E-state index in [-0.39, 0.29) is 0 Å². The zero-order valence-electron chi connectivity index (χ0n) is 6.11. The van der Waals surface area contributed by atoms with Gasteiger partial charge in [-0.2, -0.15) is 0 Å². The molecule has 0 bridgehead atoms. The summed E-state index contributed by atoms with van der Waals surface area (Å²) in [7, 11) is 0. The summed E-state index contributed by atoms with van der Waals surface area (Å²) < 4.78 is 0. The van der Waals surface area contributed by atoms with Crippen molar-refractivity contribution in [1.29, 1.82) is 0 Å². The number of aldehydes is 1. The lowest BCUT2D eigenvalue weighted by Gasteiger charge is -1.48. The van der Waals surface area contributed by atoms with Gasteiger partial charge in [0.05, 0.1) is 0 Å². The molecule has 0 rings (SSSR count). The average molecular weight is 116 g/mol. The summed E-state index contributed by atoms with van der Waals surface area (Å²) in [6, 6.07) is 0. The van der Waals surface area contributed by atoms with E-state index in [1.54, 1.807) is 0 Å². The maximum Gasteiger partial charge on any atom is 0.116 e. The molecule has 50 valence electrons. The molecule has 0 aromatic carbocycles. The van der Waals surface area contributed by atoms with E-state index in [0.29, 0.717) is 0 Å². The third kappa shape index (κ3) is 302. The van der Waals surface area contributed by atoms with Crippen LogP contribution in [0.15, 0.2) is 13.2 Å². The molecular weight excluding hydrogens is 100 g/mol. The van der Waals surface area contributed by atoms with E-state index in [1.165, 1.54) is 13.3 Å². The van der Waals surface area contributed by atoms with E-state index in [0.717, 1.165) is 6.29 Å². The maximum atomic E-state index is 8.81. The standard InChI is InChI=1S/C3H8.C2H4O.C2H4/c1-3-2;1-2-3;1-2/h3H2,1-2H3;2H,1H3;1-2H2. The van der Waals surface area contributed by atoms with Crippen LogP contribution >= 0.6 is 0 Å². The summed E-state index contributed by atoms with van der Waals surface area (Å²) in [5.41, 5.74) is 0. The fraction of sp³-hybridized carbons (Fsp3) is 0.571. The third-order valence-electron chi connectivity index (χ3n) is 0. The van der Waals surface area contributed by atoms with Gasteiger partial charge >= 0.3 is 0 Å². The summed E-state index contributed by atoms with van der Waals surface area (Å²) in [5, 5.41) is 0. The fourth-order valence-corrected chi connectivity index (χ4v) is 0. The lowest BCUT2D eigenvalue weighted by molar-refractivity contribution is -0.106. The Morgan fingerprint density at radius 3 is 1.38 bits per heavy atom. The van der Waals surface area contributed by atoms with E-state index >= 15 is 0 Å². The van der Waals surface area contributed by atoms with Crippen LogP contribution in [-0.2, 0) is 4.79 Å². The van der Waals surface area contributed by atoms with Gasteiger partial charge in [0, 0.05) is 0 Å². The number of hydrogen-bond donors (Lipinski definition) is 0. The molecular formula is C7H16O. The molecule has 0 amide bonds. The molecule has 1 heteroatoms. The van der Waals surface area contributed by atoms with Crippen molar-refractivity contribution in [3.63, 3.8) is 0 Å². The van der Waals surface area contributed by atoms with Gasteiger partial charge in [-0.15, -0.1) is 13.2 Å². The van der Waals surface area contributed by atoms with Gasteiger partial charge in [0.2, 0.25) is 0 Å². The van der Waals surface area contributed by atoms with Gasteiger partial charge in [-0.1, -0.05) is 20.3 Å². The molecule has 0 aromatic heterocycles. The highest BCUT2D eigenvalue weighted by Gasteiger charge is 1.35. The lowest BCUT2D eigenvalue weighted by Crippen LogP contribution is -1.36. The predicted molar refractivity (Wildman–Crippen MR) is 39.0 cm³/mol. The van der Waals surface area contributed by atoms with Gasteiger partial charge in [-0.05, 0) is 6.92 Å². The highest BCUT2D eigenvalue weighted by atomic mass is 16.1. The van der Waals surface area contributed by atoms with Gasteiger partial charge in [-0.25, -0.2) is 0 Å². The number of carbonyl (C=O) groups excluding carboxylic acids is 1. The van der Waals surface area contributed by atoms with Crippen molar-refractivity contribution in [2.24, 2.45) is 0 Å².